The minimum Gasteiger partial charge on any atom is -0.477 e. The minimum atomic E-state index is -0.813. The van der Waals surface area contributed by atoms with E-state index in [1.165, 1.54) is 0 Å². The Morgan fingerprint density at radius 1 is 1.48 bits per heavy atom. The Kier molecular flexibility index (Phi) is 4.80. The van der Waals surface area contributed by atoms with Crippen molar-refractivity contribution in [1.82, 2.24) is 5.32 Å². The summed E-state index contributed by atoms with van der Waals surface area (Å²) in [5.41, 5.74) is 5.99. The molecule has 6 heteroatoms. The molecule has 2 amide bonds. The molecular weight excluding hydrogens is 270 g/mol. The molecule has 0 saturated carbocycles. The summed E-state index contributed by atoms with van der Waals surface area (Å²) < 4.78 is 5.53. The van der Waals surface area contributed by atoms with Gasteiger partial charge in [0.25, 0.3) is 5.91 Å². The van der Waals surface area contributed by atoms with Crippen LogP contribution >= 0.6 is 0 Å². The van der Waals surface area contributed by atoms with Crippen molar-refractivity contribution in [2.45, 2.75) is 32.4 Å². The number of ether oxygens (including phenoxy) is 1. The summed E-state index contributed by atoms with van der Waals surface area (Å²) in [5.74, 6) is -0.168. The number of nitrogens with two attached hydrogens (primary N) is 1. The Morgan fingerprint density at radius 2 is 2.19 bits per heavy atom. The highest BCUT2D eigenvalue weighted by Gasteiger charge is 2.32. The van der Waals surface area contributed by atoms with Gasteiger partial charge in [-0.15, -0.1) is 0 Å². The van der Waals surface area contributed by atoms with Crippen LogP contribution in [0.3, 0.4) is 0 Å². The van der Waals surface area contributed by atoms with Gasteiger partial charge in [0.1, 0.15) is 5.75 Å². The first-order chi connectivity index (χ1) is 10.0. The summed E-state index contributed by atoms with van der Waals surface area (Å²) in [6.07, 6.45) is 0.129. The van der Waals surface area contributed by atoms with E-state index in [9.17, 15) is 9.59 Å². The summed E-state index contributed by atoms with van der Waals surface area (Å²) in [7, 11) is 0. The van der Waals surface area contributed by atoms with E-state index in [4.69, 9.17) is 10.5 Å². The van der Waals surface area contributed by atoms with Gasteiger partial charge in [-0.05, 0) is 25.5 Å². The van der Waals surface area contributed by atoms with E-state index in [-0.39, 0.29) is 25.0 Å². The van der Waals surface area contributed by atoms with Gasteiger partial charge >= 0.3 is 0 Å². The third-order valence-corrected chi connectivity index (χ3v) is 3.61. The van der Waals surface area contributed by atoms with Gasteiger partial charge in [0, 0.05) is 6.04 Å². The van der Waals surface area contributed by atoms with Crippen LogP contribution in [0.1, 0.15) is 20.3 Å². The van der Waals surface area contributed by atoms with Gasteiger partial charge in [-0.25, -0.2) is 0 Å². The highest BCUT2D eigenvalue weighted by atomic mass is 16.5. The second-order valence-corrected chi connectivity index (χ2v) is 5.17. The van der Waals surface area contributed by atoms with Crippen molar-refractivity contribution < 1.29 is 14.3 Å². The molecule has 1 heterocycles. The lowest BCUT2D eigenvalue weighted by molar-refractivity contribution is -0.125. The maximum absolute atomic E-state index is 12.4. The molecule has 0 aromatic heterocycles. The Balaban J connectivity index is 2.17. The van der Waals surface area contributed by atoms with Gasteiger partial charge in [-0.1, -0.05) is 19.1 Å². The monoisotopic (exact) mass is 291 g/mol. The van der Waals surface area contributed by atoms with Crippen LogP contribution in [-0.2, 0) is 9.59 Å². The van der Waals surface area contributed by atoms with Crippen LogP contribution in [0.2, 0.25) is 0 Å². The number of carbonyl (C=O) groups excluding carboxylic acids is 2. The van der Waals surface area contributed by atoms with Gasteiger partial charge in [-0.3, -0.25) is 9.59 Å². The molecule has 0 bridgehead atoms. The van der Waals surface area contributed by atoms with E-state index in [0.717, 1.165) is 6.42 Å². The standard InChI is InChI=1S/C15H21N3O3/c1-3-10(2)17-8-14(19)18-9-13(15(16)20)21-12-7-5-4-6-11(12)18/h4-7,10,13,17H,3,8-9H2,1-2H3,(H2,16,20). The summed E-state index contributed by atoms with van der Waals surface area (Å²) in [4.78, 5) is 25.4. The summed E-state index contributed by atoms with van der Waals surface area (Å²) in [6, 6.07) is 7.41. The van der Waals surface area contributed by atoms with Gasteiger partial charge in [0.2, 0.25) is 5.91 Å². The first-order valence-electron chi connectivity index (χ1n) is 7.11. The lowest BCUT2D eigenvalue weighted by atomic mass is 10.1. The number of amides is 2. The third-order valence-electron chi connectivity index (χ3n) is 3.61. The predicted octanol–water partition coefficient (Wildman–Crippen LogP) is 0.654. The highest BCUT2D eigenvalue weighted by molar-refractivity contribution is 5.98. The number of para-hydroxylation sites is 2. The van der Waals surface area contributed by atoms with E-state index in [1.807, 2.05) is 13.0 Å². The first-order valence-corrected chi connectivity index (χ1v) is 7.11. The summed E-state index contributed by atoms with van der Waals surface area (Å²) in [6.45, 7) is 4.43. The van der Waals surface area contributed by atoms with Crippen molar-refractivity contribution in [3.8, 4) is 5.75 Å². The fourth-order valence-corrected chi connectivity index (χ4v) is 2.12. The van der Waals surface area contributed by atoms with E-state index in [0.29, 0.717) is 11.4 Å². The van der Waals surface area contributed by atoms with Crippen molar-refractivity contribution in [2.24, 2.45) is 5.73 Å². The number of primary amides is 1. The van der Waals surface area contributed by atoms with Gasteiger partial charge in [-0.2, -0.15) is 0 Å². The molecule has 2 atom stereocenters. The molecule has 1 aromatic rings. The number of nitrogens with zero attached hydrogens (tertiary/aromatic N) is 1. The fraction of sp³-hybridized carbons (Fsp3) is 0.467. The number of fused-ring (bicyclic) bond motifs is 1. The van der Waals surface area contributed by atoms with Crippen LogP contribution in [0.15, 0.2) is 24.3 Å². The molecule has 0 saturated heterocycles. The zero-order chi connectivity index (χ0) is 15.4. The fourth-order valence-electron chi connectivity index (χ4n) is 2.12. The molecule has 3 N–H and O–H groups in total. The number of rotatable bonds is 5. The molecule has 0 fully saturated rings. The number of hydrogen-bond donors (Lipinski definition) is 2. The number of carbonyl (C=O) groups is 2. The Bertz CT molecular complexity index is 533. The van der Waals surface area contributed by atoms with Crippen LogP contribution in [-0.4, -0.2) is 37.0 Å². The first kappa shape index (κ1) is 15.3. The van der Waals surface area contributed by atoms with Gasteiger partial charge in [0.05, 0.1) is 18.8 Å². The molecule has 2 rings (SSSR count). The Labute approximate surface area is 124 Å². The molecule has 6 nitrogen and oxygen atoms in total. The van der Waals surface area contributed by atoms with Crippen LogP contribution in [0.4, 0.5) is 5.69 Å². The van der Waals surface area contributed by atoms with E-state index >= 15 is 0 Å². The maximum Gasteiger partial charge on any atom is 0.260 e. The molecule has 0 aliphatic carbocycles. The lowest BCUT2D eigenvalue weighted by Gasteiger charge is -2.33. The number of hydrogen-bond acceptors (Lipinski definition) is 4. The van der Waals surface area contributed by atoms with Crippen LogP contribution in [0, 0.1) is 0 Å². The van der Waals surface area contributed by atoms with Crippen LogP contribution in [0.25, 0.3) is 0 Å². The smallest absolute Gasteiger partial charge is 0.260 e. The molecule has 0 spiro atoms. The number of benzene rings is 1. The maximum atomic E-state index is 12.4. The second-order valence-electron chi connectivity index (χ2n) is 5.17. The Morgan fingerprint density at radius 3 is 2.86 bits per heavy atom. The molecule has 1 aromatic carbocycles. The average molecular weight is 291 g/mol. The highest BCUT2D eigenvalue weighted by Crippen LogP contribution is 2.32. The summed E-state index contributed by atoms with van der Waals surface area (Å²) >= 11 is 0. The van der Waals surface area contributed by atoms with E-state index < -0.39 is 12.0 Å². The molecule has 0 radical (unpaired) electrons. The van der Waals surface area contributed by atoms with Gasteiger partial charge < -0.3 is 20.7 Å². The van der Waals surface area contributed by atoms with Crippen LogP contribution in [0.5, 0.6) is 5.75 Å². The SMILES string of the molecule is CCC(C)NCC(=O)N1CC(C(N)=O)Oc2ccccc21. The third kappa shape index (κ3) is 3.52. The zero-order valence-electron chi connectivity index (χ0n) is 12.3. The van der Waals surface area contributed by atoms with Crippen molar-refractivity contribution in [2.75, 3.05) is 18.0 Å². The Hall–Kier alpha value is -2.08. The molecule has 2 unspecified atom stereocenters. The molecule has 114 valence electrons. The molecular formula is C15H21N3O3. The average Bonchev–Trinajstić information content (AvgIpc) is 2.50. The van der Waals surface area contributed by atoms with Crippen molar-refractivity contribution in [3.05, 3.63) is 24.3 Å². The predicted molar refractivity (Wildman–Crippen MR) is 80.2 cm³/mol. The van der Waals surface area contributed by atoms with E-state index in [1.54, 1.807) is 23.1 Å². The normalized spacial score (nSPS) is 18.6. The topological polar surface area (TPSA) is 84.7 Å². The molecule has 1 aliphatic heterocycles. The van der Waals surface area contributed by atoms with Crippen molar-refractivity contribution in [3.63, 3.8) is 0 Å². The van der Waals surface area contributed by atoms with Gasteiger partial charge in [0.15, 0.2) is 6.10 Å². The lowest BCUT2D eigenvalue weighted by Crippen LogP contribution is -2.51. The number of nitrogens with one attached hydrogen (secondary N) is 1. The zero-order valence-corrected chi connectivity index (χ0v) is 12.3. The van der Waals surface area contributed by atoms with Crippen molar-refractivity contribution >= 4 is 17.5 Å². The quantitative estimate of drug-likeness (QED) is 0.834. The van der Waals surface area contributed by atoms with E-state index in [2.05, 4.69) is 12.2 Å². The van der Waals surface area contributed by atoms with Crippen LogP contribution < -0.4 is 20.7 Å². The minimum absolute atomic E-state index is 0.0997. The second kappa shape index (κ2) is 6.58. The molecule has 21 heavy (non-hydrogen) atoms. The number of anilines is 1. The molecule has 1 aliphatic rings. The largest absolute Gasteiger partial charge is 0.477 e. The summed E-state index contributed by atoms with van der Waals surface area (Å²) in [5, 5.41) is 3.16. The van der Waals surface area contributed by atoms with Crippen molar-refractivity contribution in [1.29, 1.82) is 0 Å².